The van der Waals surface area contributed by atoms with Crippen LogP contribution in [0.3, 0.4) is 0 Å². The largest absolute Gasteiger partial charge is 0.355 e. The average molecular weight is 274 g/mol. The summed E-state index contributed by atoms with van der Waals surface area (Å²) in [4.78, 5) is 13.4. The highest BCUT2D eigenvalue weighted by molar-refractivity contribution is 5.85. The summed E-state index contributed by atoms with van der Waals surface area (Å²) in [5.41, 5.74) is 5.35. The maximum atomic E-state index is 11.4. The molecule has 0 aromatic rings. The van der Waals surface area contributed by atoms with Gasteiger partial charge in [0.05, 0.1) is 6.54 Å². The Morgan fingerprint density at radius 3 is 2.19 bits per heavy atom. The number of hydrogen-bond acceptors (Lipinski definition) is 3. The molecule has 0 aromatic heterocycles. The van der Waals surface area contributed by atoms with Crippen molar-refractivity contribution >= 4 is 30.7 Å². The van der Waals surface area contributed by atoms with Gasteiger partial charge in [-0.3, -0.25) is 9.69 Å². The van der Waals surface area contributed by atoms with E-state index in [4.69, 9.17) is 5.73 Å². The zero-order valence-electron chi connectivity index (χ0n) is 10.2. The van der Waals surface area contributed by atoms with Crippen LogP contribution in [0.1, 0.15) is 26.7 Å². The predicted molar refractivity (Wildman–Crippen MR) is 73.6 cm³/mol. The first kappa shape index (κ1) is 21.3. The summed E-state index contributed by atoms with van der Waals surface area (Å²) in [5, 5.41) is 2.88. The molecular formula is C10H25Cl2N3O. The number of nitrogens with zero attached hydrogens (tertiary/aromatic N) is 1. The van der Waals surface area contributed by atoms with Gasteiger partial charge in [0, 0.05) is 6.54 Å². The van der Waals surface area contributed by atoms with E-state index >= 15 is 0 Å². The Bertz CT molecular complexity index is 155. The molecule has 0 fully saturated rings. The van der Waals surface area contributed by atoms with Crippen LogP contribution in [0.5, 0.6) is 0 Å². The third-order valence-corrected chi connectivity index (χ3v) is 2.21. The second-order valence-electron chi connectivity index (χ2n) is 3.31. The number of unbranched alkanes of at least 4 members (excludes halogenated alkanes) is 1. The van der Waals surface area contributed by atoms with Crippen LogP contribution in [0.2, 0.25) is 0 Å². The summed E-state index contributed by atoms with van der Waals surface area (Å²) in [6.45, 7) is 7.93. The van der Waals surface area contributed by atoms with Gasteiger partial charge in [0.25, 0.3) is 0 Å². The molecule has 0 aromatic carbocycles. The van der Waals surface area contributed by atoms with Crippen LogP contribution in [-0.2, 0) is 4.79 Å². The number of carbonyl (C=O) groups excluding carboxylic acids is 1. The first-order chi connectivity index (χ1) is 6.74. The van der Waals surface area contributed by atoms with Crippen molar-refractivity contribution in [1.82, 2.24) is 10.2 Å². The fourth-order valence-corrected chi connectivity index (χ4v) is 1.20. The number of nitrogens with two attached hydrogens (primary N) is 1. The van der Waals surface area contributed by atoms with Crippen molar-refractivity contribution in [3.63, 3.8) is 0 Å². The molecule has 0 radical (unpaired) electrons. The summed E-state index contributed by atoms with van der Waals surface area (Å²) < 4.78 is 0. The molecule has 0 bridgehead atoms. The normalized spacial score (nSPS) is 9.25. The quantitative estimate of drug-likeness (QED) is 0.650. The second-order valence-corrected chi connectivity index (χ2v) is 3.31. The molecule has 0 spiro atoms. The van der Waals surface area contributed by atoms with E-state index in [1.165, 1.54) is 0 Å². The van der Waals surface area contributed by atoms with Gasteiger partial charge in [-0.25, -0.2) is 0 Å². The molecule has 6 heteroatoms. The molecule has 0 aliphatic carbocycles. The van der Waals surface area contributed by atoms with Crippen molar-refractivity contribution in [2.75, 3.05) is 32.7 Å². The molecule has 0 heterocycles. The lowest BCUT2D eigenvalue weighted by Crippen LogP contribution is -2.37. The first-order valence-electron chi connectivity index (χ1n) is 5.43. The van der Waals surface area contributed by atoms with E-state index in [1.807, 2.05) is 0 Å². The smallest absolute Gasteiger partial charge is 0.234 e. The van der Waals surface area contributed by atoms with E-state index < -0.39 is 0 Å². The molecule has 0 aliphatic rings. The summed E-state index contributed by atoms with van der Waals surface area (Å²) in [5.74, 6) is 0.116. The molecule has 0 rings (SSSR count). The number of likely N-dealkylation sites (N-methyl/N-ethyl adjacent to an activating group) is 1. The lowest BCUT2D eigenvalue weighted by atomic mass is 10.3. The Balaban J connectivity index is -0.000000845. The molecule has 0 unspecified atom stereocenters. The van der Waals surface area contributed by atoms with Crippen LogP contribution < -0.4 is 11.1 Å². The topological polar surface area (TPSA) is 58.4 Å². The predicted octanol–water partition coefficient (Wildman–Crippen LogP) is 1.03. The number of carbonyl (C=O) groups is 1. The van der Waals surface area contributed by atoms with Gasteiger partial charge in [-0.2, -0.15) is 0 Å². The van der Waals surface area contributed by atoms with E-state index in [1.54, 1.807) is 0 Å². The summed E-state index contributed by atoms with van der Waals surface area (Å²) >= 11 is 0. The maximum absolute atomic E-state index is 11.4. The Labute approximate surface area is 111 Å². The van der Waals surface area contributed by atoms with Crippen LogP contribution in [0.25, 0.3) is 0 Å². The minimum atomic E-state index is 0. The summed E-state index contributed by atoms with van der Waals surface area (Å²) in [6.07, 6.45) is 1.95. The van der Waals surface area contributed by atoms with Gasteiger partial charge in [0.15, 0.2) is 0 Å². The van der Waals surface area contributed by atoms with Gasteiger partial charge in [-0.15, -0.1) is 24.8 Å². The standard InChI is InChI=1S/C10H23N3O.2ClH/c1-3-13(4-2)9-10(14)12-8-6-5-7-11;;/h3-9,11H2,1-2H3,(H,12,14);2*1H. The Morgan fingerprint density at radius 1 is 1.19 bits per heavy atom. The highest BCUT2D eigenvalue weighted by Gasteiger charge is 2.05. The fraction of sp³-hybridized carbons (Fsp3) is 0.900. The van der Waals surface area contributed by atoms with E-state index in [0.717, 1.165) is 32.5 Å². The SMILES string of the molecule is CCN(CC)CC(=O)NCCCCN.Cl.Cl. The first-order valence-corrected chi connectivity index (χ1v) is 5.43. The number of hydrogen-bond donors (Lipinski definition) is 2. The molecule has 0 saturated carbocycles. The second kappa shape index (κ2) is 15.0. The van der Waals surface area contributed by atoms with Gasteiger partial charge in [0.1, 0.15) is 0 Å². The van der Waals surface area contributed by atoms with Crippen molar-refractivity contribution in [2.45, 2.75) is 26.7 Å². The molecule has 16 heavy (non-hydrogen) atoms. The zero-order valence-corrected chi connectivity index (χ0v) is 11.8. The van der Waals surface area contributed by atoms with Gasteiger partial charge >= 0.3 is 0 Å². The van der Waals surface area contributed by atoms with E-state index in [9.17, 15) is 4.79 Å². The lowest BCUT2D eigenvalue weighted by molar-refractivity contribution is -0.122. The zero-order chi connectivity index (χ0) is 10.8. The fourth-order valence-electron chi connectivity index (χ4n) is 1.20. The van der Waals surface area contributed by atoms with Crippen LogP contribution in [0.4, 0.5) is 0 Å². The average Bonchev–Trinajstić information content (AvgIpc) is 2.21. The lowest BCUT2D eigenvalue weighted by Gasteiger charge is -2.17. The minimum Gasteiger partial charge on any atom is -0.355 e. The van der Waals surface area contributed by atoms with Crippen molar-refractivity contribution < 1.29 is 4.79 Å². The minimum absolute atomic E-state index is 0. The van der Waals surface area contributed by atoms with Crippen LogP contribution in [0.15, 0.2) is 0 Å². The van der Waals surface area contributed by atoms with E-state index in [2.05, 4.69) is 24.1 Å². The third kappa shape index (κ3) is 12.0. The Hall–Kier alpha value is -0.0300. The number of amides is 1. The monoisotopic (exact) mass is 273 g/mol. The number of nitrogens with one attached hydrogen (secondary N) is 1. The maximum Gasteiger partial charge on any atom is 0.234 e. The van der Waals surface area contributed by atoms with Crippen molar-refractivity contribution in [3.05, 3.63) is 0 Å². The Morgan fingerprint density at radius 2 is 1.75 bits per heavy atom. The molecule has 0 saturated heterocycles. The van der Waals surface area contributed by atoms with Crippen LogP contribution in [0, 0.1) is 0 Å². The molecular weight excluding hydrogens is 249 g/mol. The Kier molecular flexibility index (Phi) is 19.9. The summed E-state index contributed by atoms with van der Waals surface area (Å²) in [6, 6.07) is 0. The molecule has 0 atom stereocenters. The van der Waals surface area contributed by atoms with Crippen molar-refractivity contribution in [2.24, 2.45) is 5.73 Å². The molecule has 0 aliphatic heterocycles. The highest BCUT2D eigenvalue weighted by Crippen LogP contribution is 1.87. The third-order valence-electron chi connectivity index (χ3n) is 2.21. The van der Waals surface area contributed by atoms with Gasteiger partial charge in [-0.05, 0) is 32.5 Å². The van der Waals surface area contributed by atoms with Gasteiger partial charge in [0.2, 0.25) is 5.91 Å². The highest BCUT2D eigenvalue weighted by atomic mass is 35.5. The van der Waals surface area contributed by atoms with Gasteiger partial charge in [-0.1, -0.05) is 13.8 Å². The van der Waals surface area contributed by atoms with E-state index in [-0.39, 0.29) is 30.7 Å². The summed E-state index contributed by atoms with van der Waals surface area (Å²) in [7, 11) is 0. The van der Waals surface area contributed by atoms with Crippen LogP contribution >= 0.6 is 24.8 Å². The number of rotatable bonds is 8. The van der Waals surface area contributed by atoms with Crippen molar-refractivity contribution in [1.29, 1.82) is 0 Å². The number of halogens is 2. The van der Waals surface area contributed by atoms with Crippen molar-refractivity contribution in [3.8, 4) is 0 Å². The van der Waals surface area contributed by atoms with E-state index in [0.29, 0.717) is 13.1 Å². The van der Waals surface area contributed by atoms with Crippen LogP contribution in [-0.4, -0.2) is 43.5 Å². The molecule has 3 N–H and O–H groups in total. The molecule has 4 nitrogen and oxygen atoms in total. The van der Waals surface area contributed by atoms with Gasteiger partial charge < -0.3 is 11.1 Å². The molecule has 100 valence electrons. The molecule has 1 amide bonds.